The molecule has 0 saturated carbocycles. The van der Waals surface area contributed by atoms with Gasteiger partial charge in [0.05, 0.1) is 12.8 Å². The molecule has 0 aromatic heterocycles. The third kappa shape index (κ3) is 12.4. The number of hydrogen-bond acceptors (Lipinski definition) is 6. The number of carbonyl (C=O) groups is 3. The van der Waals surface area contributed by atoms with Gasteiger partial charge in [0.2, 0.25) is 6.79 Å². The number of amides is 1. The minimum atomic E-state index is -4.78. The lowest BCUT2D eigenvalue weighted by Gasteiger charge is -2.20. The van der Waals surface area contributed by atoms with Crippen molar-refractivity contribution in [3.63, 3.8) is 0 Å². The van der Waals surface area contributed by atoms with Crippen molar-refractivity contribution in [2.45, 2.75) is 19.0 Å². The van der Waals surface area contributed by atoms with E-state index in [9.17, 15) is 32.1 Å². The third-order valence-corrected chi connectivity index (χ3v) is 2.66. The van der Waals surface area contributed by atoms with E-state index >= 15 is 0 Å². The van der Waals surface area contributed by atoms with Crippen LogP contribution in [0.15, 0.2) is 0 Å². The quantitative estimate of drug-likeness (QED) is 0.316. The first-order valence-corrected chi connectivity index (χ1v) is 7.50. The molecular weight excluding hydrogens is 354 g/mol. The molecule has 23 heavy (non-hydrogen) atoms. The monoisotopic (exact) mass is 367 g/mol. The molecule has 14 heteroatoms. The van der Waals surface area contributed by atoms with Gasteiger partial charge in [-0.25, -0.2) is 4.79 Å². The number of halogens is 3. The molecule has 1 amide bonds. The van der Waals surface area contributed by atoms with E-state index in [1.165, 1.54) is 0 Å². The van der Waals surface area contributed by atoms with Crippen molar-refractivity contribution in [1.29, 1.82) is 0 Å². The topological polar surface area (TPSA) is 151 Å². The van der Waals surface area contributed by atoms with E-state index < -0.39 is 64.3 Å². The lowest BCUT2D eigenvalue weighted by Crippen LogP contribution is -2.37. The van der Waals surface area contributed by atoms with Crippen molar-refractivity contribution in [2.75, 3.05) is 19.6 Å². The molecule has 0 aromatic rings. The van der Waals surface area contributed by atoms with Crippen LogP contribution in [0.4, 0.5) is 18.0 Å². The Bertz CT molecular complexity index is 489. The highest BCUT2D eigenvalue weighted by molar-refractivity contribution is 7.51. The number of alkyl halides is 3. The van der Waals surface area contributed by atoms with E-state index in [0.717, 1.165) is 0 Å². The van der Waals surface area contributed by atoms with Crippen LogP contribution in [-0.4, -0.2) is 63.6 Å². The van der Waals surface area contributed by atoms with Crippen LogP contribution >= 0.6 is 7.60 Å². The SMILES string of the molecule is O=C(O)CN(CP(=O)(O)O)C(=O)OCOC(=O)CCC(F)(F)F. The maximum absolute atomic E-state index is 11.8. The molecule has 0 aliphatic carbocycles. The van der Waals surface area contributed by atoms with Gasteiger partial charge in [0.15, 0.2) is 0 Å². The van der Waals surface area contributed by atoms with Gasteiger partial charge >= 0.3 is 31.8 Å². The number of esters is 1. The molecule has 0 fully saturated rings. The summed E-state index contributed by atoms with van der Waals surface area (Å²) in [5, 5.41) is 8.50. The fourth-order valence-electron chi connectivity index (χ4n) is 1.11. The van der Waals surface area contributed by atoms with Crippen molar-refractivity contribution < 1.29 is 56.5 Å². The molecule has 134 valence electrons. The normalized spacial score (nSPS) is 11.7. The number of nitrogens with zero attached hydrogens (tertiary/aromatic N) is 1. The number of carbonyl (C=O) groups excluding carboxylic acids is 2. The molecule has 0 aliphatic heterocycles. The molecule has 0 bridgehead atoms. The van der Waals surface area contributed by atoms with Gasteiger partial charge in [-0.3, -0.25) is 19.1 Å². The van der Waals surface area contributed by atoms with Gasteiger partial charge in [0.1, 0.15) is 12.8 Å². The zero-order chi connectivity index (χ0) is 18.3. The van der Waals surface area contributed by atoms with Crippen LogP contribution in [-0.2, 0) is 23.6 Å². The van der Waals surface area contributed by atoms with E-state index in [0.29, 0.717) is 0 Å². The van der Waals surface area contributed by atoms with Gasteiger partial charge in [-0.2, -0.15) is 13.2 Å². The van der Waals surface area contributed by atoms with Crippen LogP contribution in [0, 0.1) is 0 Å². The number of hydrogen-bond donors (Lipinski definition) is 3. The zero-order valence-electron chi connectivity index (χ0n) is 11.4. The van der Waals surface area contributed by atoms with Crippen LogP contribution in [0.25, 0.3) is 0 Å². The van der Waals surface area contributed by atoms with Crippen LogP contribution in [0.5, 0.6) is 0 Å². The zero-order valence-corrected chi connectivity index (χ0v) is 12.2. The van der Waals surface area contributed by atoms with Gasteiger partial charge in [-0.15, -0.1) is 0 Å². The molecule has 0 aliphatic rings. The lowest BCUT2D eigenvalue weighted by molar-refractivity contribution is -0.163. The summed E-state index contributed by atoms with van der Waals surface area (Å²) in [4.78, 5) is 50.3. The average molecular weight is 367 g/mol. The molecular formula is C9H13F3NO9P. The Kier molecular flexibility index (Phi) is 8.00. The Morgan fingerprint density at radius 2 is 1.70 bits per heavy atom. The van der Waals surface area contributed by atoms with Crippen LogP contribution < -0.4 is 0 Å². The van der Waals surface area contributed by atoms with E-state index in [4.69, 9.17) is 14.9 Å². The van der Waals surface area contributed by atoms with E-state index in [2.05, 4.69) is 9.47 Å². The Balaban J connectivity index is 4.34. The average Bonchev–Trinajstić information content (AvgIpc) is 2.32. The largest absolute Gasteiger partial charge is 0.480 e. The van der Waals surface area contributed by atoms with Crippen molar-refractivity contribution in [2.24, 2.45) is 0 Å². The summed E-state index contributed by atoms with van der Waals surface area (Å²) in [6.45, 7) is -2.24. The first-order valence-electron chi connectivity index (χ1n) is 5.70. The number of rotatable bonds is 8. The van der Waals surface area contributed by atoms with Gasteiger partial charge in [-0.1, -0.05) is 0 Å². The number of ether oxygens (including phenoxy) is 2. The number of aliphatic carboxylic acids is 1. The molecule has 0 atom stereocenters. The van der Waals surface area contributed by atoms with E-state index in [-0.39, 0.29) is 4.90 Å². The van der Waals surface area contributed by atoms with Gasteiger partial charge in [0, 0.05) is 0 Å². The molecule has 10 nitrogen and oxygen atoms in total. The standard InChI is InChI=1S/C9H13F3NO9P/c10-9(11,12)2-1-7(16)21-5-22-8(17)13(3-6(14)15)4-23(18,19)20/h1-5H2,(H,14,15)(H2,18,19,20). The molecule has 0 radical (unpaired) electrons. The van der Waals surface area contributed by atoms with E-state index in [1.807, 2.05) is 0 Å². The first-order chi connectivity index (χ1) is 10.3. The molecule has 0 rings (SSSR count). The fourth-order valence-corrected chi connectivity index (χ4v) is 1.77. The maximum atomic E-state index is 11.8. The van der Waals surface area contributed by atoms with Crippen LogP contribution in [0.1, 0.15) is 12.8 Å². The van der Waals surface area contributed by atoms with Gasteiger partial charge in [-0.05, 0) is 0 Å². The summed E-state index contributed by atoms with van der Waals surface area (Å²) in [7, 11) is -4.78. The van der Waals surface area contributed by atoms with Crippen LogP contribution in [0.3, 0.4) is 0 Å². The number of carboxylic acid groups (broad SMARTS) is 1. The van der Waals surface area contributed by atoms with Crippen molar-refractivity contribution in [3.05, 3.63) is 0 Å². The third-order valence-electron chi connectivity index (χ3n) is 1.95. The predicted molar refractivity (Wildman–Crippen MR) is 64.0 cm³/mol. The first kappa shape index (κ1) is 21.1. The summed E-state index contributed by atoms with van der Waals surface area (Å²) in [5.41, 5.74) is 0. The second-order valence-corrected chi connectivity index (χ2v) is 5.67. The Morgan fingerprint density at radius 1 is 1.13 bits per heavy atom. The van der Waals surface area contributed by atoms with E-state index in [1.54, 1.807) is 0 Å². The summed E-state index contributed by atoms with van der Waals surface area (Å²) < 4.78 is 54.6. The van der Waals surface area contributed by atoms with Crippen molar-refractivity contribution >= 4 is 25.6 Å². The maximum Gasteiger partial charge on any atom is 0.413 e. The highest BCUT2D eigenvalue weighted by Gasteiger charge is 2.29. The summed E-state index contributed by atoms with van der Waals surface area (Å²) in [5.74, 6) is -2.92. The van der Waals surface area contributed by atoms with Gasteiger partial charge < -0.3 is 24.4 Å². The van der Waals surface area contributed by atoms with Crippen molar-refractivity contribution in [3.8, 4) is 0 Å². The second kappa shape index (κ2) is 8.70. The Hall–Kier alpha value is -1.85. The van der Waals surface area contributed by atoms with Crippen molar-refractivity contribution in [1.82, 2.24) is 4.90 Å². The highest BCUT2D eigenvalue weighted by atomic mass is 31.2. The van der Waals surface area contributed by atoms with Gasteiger partial charge in [0.25, 0.3) is 0 Å². The summed E-state index contributed by atoms with van der Waals surface area (Å²) in [6.07, 6.45) is -9.82. The minimum Gasteiger partial charge on any atom is -0.480 e. The summed E-state index contributed by atoms with van der Waals surface area (Å²) in [6, 6.07) is 0. The molecule has 0 aromatic carbocycles. The molecule has 0 saturated heterocycles. The molecule has 0 heterocycles. The minimum absolute atomic E-state index is 0.132. The number of carboxylic acids is 1. The molecule has 3 N–H and O–H groups in total. The second-order valence-electron chi connectivity index (χ2n) is 4.06. The highest BCUT2D eigenvalue weighted by Crippen LogP contribution is 2.35. The molecule has 0 unspecified atom stereocenters. The predicted octanol–water partition coefficient (Wildman–Crippen LogP) is 0.488. The lowest BCUT2D eigenvalue weighted by atomic mass is 10.3. The Morgan fingerprint density at radius 3 is 2.13 bits per heavy atom. The smallest absolute Gasteiger partial charge is 0.413 e. The fraction of sp³-hybridized carbons (Fsp3) is 0.667. The Labute approximate surface area is 126 Å². The molecule has 0 spiro atoms. The summed E-state index contributed by atoms with van der Waals surface area (Å²) >= 11 is 0. The van der Waals surface area contributed by atoms with Crippen LogP contribution in [0.2, 0.25) is 0 Å².